The molecule has 0 heterocycles. The minimum Gasteiger partial charge on any atom is -0.480 e. The van der Waals surface area contributed by atoms with Gasteiger partial charge in [-0.1, -0.05) is 50.6 Å². The number of carbonyl (C=O) groups is 2. The zero-order valence-corrected chi connectivity index (χ0v) is 17.2. The van der Waals surface area contributed by atoms with E-state index in [1.165, 1.54) is 0 Å². The summed E-state index contributed by atoms with van der Waals surface area (Å²) in [5.41, 5.74) is 7.08. The number of rotatable bonds is 13. The van der Waals surface area contributed by atoms with E-state index in [4.69, 9.17) is 10.5 Å². The standard InChI is InChI=1S/C20H32N2O4S/c1-4-14(2)16(21)13-26-18(12-15-8-6-5-7-9-15)19(23)22-17(20(24)25)10-11-27-3/h5-9,14,16-18H,4,10-13,21H2,1-3H3,(H,22,23)(H,24,25)/t14-,16?,17-,18?/m0/s1. The van der Waals surface area contributed by atoms with Gasteiger partial charge in [0.25, 0.3) is 0 Å². The van der Waals surface area contributed by atoms with E-state index in [0.717, 1.165) is 12.0 Å². The van der Waals surface area contributed by atoms with Crippen molar-refractivity contribution in [2.24, 2.45) is 11.7 Å². The van der Waals surface area contributed by atoms with Gasteiger partial charge in [0.15, 0.2) is 0 Å². The fourth-order valence-corrected chi connectivity index (χ4v) is 2.98. The first-order valence-electron chi connectivity index (χ1n) is 9.32. The lowest BCUT2D eigenvalue weighted by Crippen LogP contribution is -2.48. The molecule has 0 aliphatic carbocycles. The van der Waals surface area contributed by atoms with Gasteiger partial charge in [-0.05, 0) is 29.9 Å². The maximum Gasteiger partial charge on any atom is 0.326 e. The van der Waals surface area contributed by atoms with Gasteiger partial charge in [-0.3, -0.25) is 4.79 Å². The van der Waals surface area contributed by atoms with Crippen LogP contribution < -0.4 is 11.1 Å². The van der Waals surface area contributed by atoms with Crippen molar-refractivity contribution in [2.45, 2.75) is 51.3 Å². The summed E-state index contributed by atoms with van der Waals surface area (Å²) in [6, 6.07) is 8.44. The topological polar surface area (TPSA) is 102 Å². The third-order valence-corrected chi connectivity index (χ3v) is 5.29. The molecule has 7 heteroatoms. The Morgan fingerprint density at radius 3 is 2.52 bits per heavy atom. The van der Waals surface area contributed by atoms with Gasteiger partial charge in [0.2, 0.25) is 5.91 Å². The number of hydrogen-bond donors (Lipinski definition) is 3. The van der Waals surface area contributed by atoms with E-state index in [0.29, 0.717) is 18.6 Å². The normalized spacial score (nSPS) is 15.6. The molecule has 1 rings (SSSR count). The number of ether oxygens (including phenoxy) is 1. The van der Waals surface area contributed by atoms with Crippen LogP contribution in [-0.4, -0.2) is 53.8 Å². The second-order valence-corrected chi connectivity index (χ2v) is 7.73. The number of hydrogen-bond acceptors (Lipinski definition) is 5. The Kier molecular flexibility index (Phi) is 11.1. The highest BCUT2D eigenvalue weighted by Crippen LogP contribution is 2.11. The molecular formula is C20H32N2O4S. The van der Waals surface area contributed by atoms with Gasteiger partial charge in [0.05, 0.1) is 6.61 Å². The van der Waals surface area contributed by atoms with Crippen molar-refractivity contribution in [3.8, 4) is 0 Å². The maximum atomic E-state index is 12.7. The van der Waals surface area contributed by atoms with Gasteiger partial charge in [0.1, 0.15) is 12.1 Å². The van der Waals surface area contributed by atoms with E-state index in [2.05, 4.69) is 12.2 Å². The average Bonchev–Trinajstić information content (AvgIpc) is 2.67. The van der Waals surface area contributed by atoms with Gasteiger partial charge < -0.3 is 20.9 Å². The predicted octanol–water partition coefficient (Wildman–Crippen LogP) is 2.31. The molecule has 0 aliphatic heterocycles. The van der Waals surface area contributed by atoms with Crippen LogP contribution in [0.3, 0.4) is 0 Å². The lowest BCUT2D eigenvalue weighted by Gasteiger charge is -2.24. The van der Waals surface area contributed by atoms with Crippen molar-refractivity contribution in [1.29, 1.82) is 0 Å². The van der Waals surface area contributed by atoms with Crippen molar-refractivity contribution >= 4 is 23.6 Å². The Balaban J connectivity index is 2.81. The zero-order valence-electron chi connectivity index (χ0n) is 16.4. The number of amides is 1. The smallest absolute Gasteiger partial charge is 0.326 e. The van der Waals surface area contributed by atoms with Crippen LogP contribution >= 0.6 is 11.8 Å². The van der Waals surface area contributed by atoms with E-state index in [1.54, 1.807) is 11.8 Å². The molecule has 1 aromatic carbocycles. The summed E-state index contributed by atoms with van der Waals surface area (Å²) in [6.07, 6.45) is 2.79. The third kappa shape index (κ3) is 8.77. The fourth-order valence-electron chi connectivity index (χ4n) is 2.51. The Morgan fingerprint density at radius 1 is 1.30 bits per heavy atom. The van der Waals surface area contributed by atoms with E-state index >= 15 is 0 Å². The number of nitrogens with two attached hydrogens (primary N) is 1. The molecule has 4 atom stereocenters. The lowest BCUT2D eigenvalue weighted by atomic mass is 10.0. The molecule has 27 heavy (non-hydrogen) atoms. The van der Waals surface area contributed by atoms with Crippen LogP contribution in [0.4, 0.5) is 0 Å². The van der Waals surface area contributed by atoms with Gasteiger partial charge in [-0.15, -0.1) is 0 Å². The number of nitrogens with one attached hydrogen (secondary N) is 1. The van der Waals surface area contributed by atoms with Crippen LogP contribution in [0.25, 0.3) is 0 Å². The predicted molar refractivity (Wildman–Crippen MR) is 110 cm³/mol. The Hall–Kier alpha value is -1.57. The van der Waals surface area contributed by atoms with Crippen molar-refractivity contribution in [3.05, 3.63) is 35.9 Å². The SMILES string of the molecule is CC[C@H](C)C(N)COC(Cc1ccccc1)C(=O)N[C@@H](CCSC)C(=O)O. The molecule has 0 aromatic heterocycles. The Morgan fingerprint density at radius 2 is 1.96 bits per heavy atom. The summed E-state index contributed by atoms with van der Waals surface area (Å²) in [5.74, 6) is -0.518. The summed E-state index contributed by atoms with van der Waals surface area (Å²) in [4.78, 5) is 24.2. The minimum absolute atomic E-state index is 0.173. The van der Waals surface area contributed by atoms with Gasteiger partial charge in [-0.2, -0.15) is 11.8 Å². The second-order valence-electron chi connectivity index (χ2n) is 6.74. The largest absolute Gasteiger partial charge is 0.480 e. The van der Waals surface area contributed by atoms with Gasteiger partial charge in [0, 0.05) is 12.5 Å². The summed E-state index contributed by atoms with van der Waals surface area (Å²) < 4.78 is 5.84. The van der Waals surface area contributed by atoms with Crippen LogP contribution in [0, 0.1) is 5.92 Å². The second kappa shape index (κ2) is 12.8. The van der Waals surface area contributed by atoms with E-state index in [1.807, 2.05) is 43.5 Å². The molecule has 1 aromatic rings. The molecule has 0 saturated heterocycles. The highest BCUT2D eigenvalue weighted by atomic mass is 32.2. The van der Waals surface area contributed by atoms with Crippen LogP contribution in [0.1, 0.15) is 32.3 Å². The average molecular weight is 397 g/mol. The number of benzene rings is 1. The van der Waals surface area contributed by atoms with Crippen LogP contribution in [0.5, 0.6) is 0 Å². The molecule has 4 N–H and O–H groups in total. The monoisotopic (exact) mass is 396 g/mol. The summed E-state index contributed by atoms with van der Waals surface area (Å²) in [6.45, 7) is 4.35. The highest BCUT2D eigenvalue weighted by molar-refractivity contribution is 7.98. The highest BCUT2D eigenvalue weighted by Gasteiger charge is 2.27. The molecule has 6 nitrogen and oxygen atoms in total. The molecule has 0 bridgehead atoms. The Bertz CT molecular complexity index is 570. The van der Waals surface area contributed by atoms with Crippen molar-refractivity contribution in [2.75, 3.05) is 18.6 Å². The van der Waals surface area contributed by atoms with E-state index < -0.39 is 24.0 Å². The Labute approximate surface area is 166 Å². The number of carboxylic acid groups (broad SMARTS) is 1. The molecule has 0 saturated carbocycles. The first-order valence-corrected chi connectivity index (χ1v) is 10.7. The van der Waals surface area contributed by atoms with Gasteiger partial charge >= 0.3 is 5.97 Å². The molecule has 2 unspecified atom stereocenters. The molecule has 0 spiro atoms. The molecule has 152 valence electrons. The van der Waals surface area contributed by atoms with Crippen molar-refractivity contribution in [3.63, 3.8) is 0 Å². The zero-order chi connectivity index (χ0) is 20.2. The number of thioether (sulfide) groups is 1. The van der Waals surface area contributed by atoms with E-state index in [-0.39, 0.29) is 18.6 Å². The fraction of sp³-hybridized carbons (Fsp3) is 0.600. The van der Waals surface area contributed by atoms with Crippen LogP contribution in [0.15, 0.2) is 30.3 Å². The number of carbonyl (C=O) groups excluding carboxylic acids is 1. The lowest BCUT2D eigenvalue weighted by molar-refractivity contribution is -0.144. The van der Waals surface area contributed by atoms with Crippen molar-refractivity contribution in [1.82, 2.24) is 5.32 Å². The van der Waals surface area contributed by atoms with Crippen LogP contribution in [0.2, 0.25) is 0 Å². The minimum atomic E-state index is -1.04. The summed E-state index contributed by atoms with van der Waals surface area (Å²) in [5, 5.41) is 12.0. The third-order valence-electron chi connectivity index (χ3n) is 4.65. The maximum absolute atomic E-state index is 12.7. The van der Waals surface area contributed by atoms with Gasteiger partial charge in [-0.25, -0.2) is 4.79 Å². The summed E-state index contributed by atoms with van der Waals surface area (Å²) >= 11 is 1.54. The number of carboxylic acids is 1. The number of aliphatic carboxylic acids is 1. The first kappa shape index (κ1) is 23.5. The molecule has 0 fully saturated rings. The van der Waals surface area contributed by atoms with Crippen molar-refractivity contribution < 1.29 is 19.4 Å². The molecular weight excluding hydrogens is 364 g/mol. The molecule has 0 radical (unpaired) electrons. The quantitative estimate of drug-likeness (QED) is 0.473. The molecule has 0 aliphatic rings. The first-order chi connectivity index (χ1) is 12.9. The van der Waals surface area contributed by atoms with Crippen LogP contribution in [-0.2, 0) is 20.7 Å². The molecule has 1 amide bonds. The van der Waals surface area contributed by atoms with E-state index in [9.17, 15) is 14.7 Å². The summed E-state index contributed by atoms with van der Waals surface area (Å²) in [7, 11) is 0.